The Hall–Kier alpha value is -2.74. The van der Waals surface area contributed by atoms with Crippen molar-refractivity contribution < 1.29 is 13.5 Å². The number of hydrogen-bond donors (Lipinski definition) is 2. The summed E-state index contributed by atoms with van der Waals surface area (Å²) in [7, 11) is 0. The van der Waals surface area contributed by atoms with E-state index in [0.29, 0.717) is 32.3 Å². The average Bonchev–Trinajstić information content (AvgIpc) is 2.73. The minimum atomic E-state index is -0.477. The lowest BCUT2D eigenvalue weighted by molar-refractivity contribution is 0.122. The SMILES string of the molecule is CCNC(=NCc1cc(F)ccc1F)NCc1cccnc1N1CCOCC1. The molecule has 28 heavy (non-hydrogen) atoms. The van der Waals surface area contributed by atoms with Crippen LogP contribution in [-0.4, -0.2) is 43.8 Å². The van der Waals surface area contributed by atoms with Gasteiger partial charge in [0.15, 0.2) is 5.96 Å². The maximum atomic E-state index is 13.8. The van der Waals surface area contributed by atoms with Crippen molar-refractivity contribution in [2.45, 2.75) is 20.0 Å². The average molecular weight is 389 g/mol. The van der Waals surface area contributed by atoms with E-state index in [1.165, 1.54) is 6.07 Å². The van der Waals surface area contributed by atoms with E-state index in [9.17, 15) is 8.78 Å². The molecule has 1 fully saturated rings. The van der Waals surface area contributed by atoms with E-state index in [0.717, 1.165) is 36.6 Å². The van der Waals surface area contributed by atoms with Gasteiger partial charge in [-0.2, -0.15) is 0 Å². The van der Waals surface area contributed by atoms with E-state index in [4.69, 9.17) is 4.74 Å². The molecule has 0 atom stereocenters. The Bertz CT molecular complexity index is 809. The summed E-state index contributed by atoms with van der Waals surface area (Å²) >= 11 is 0. The van der Waals surface area contributed by atoms with Crippen LogP contribution in [0.4, 0.5) is 14.6 Å². The van der Waals surface area contributed by atoms with Gasteiger partial charge in [-0.15, -0.1) is 0 Å². The highest BCUT2D eigenvalue weighted by atomic mass is 19.1. The Morgan fingerprint density at radius 2 is 2.00 bits per heavy atom. The maximum Gasteiger partial charge on any atom is 0.191 e. The number of aromatic nitrogens is 1. The van der Waals surface area contributed by atoms with Gasteiger partial charge in [0, 0.05) is 43.5 Å². The van der Waals surface area contributed by atoms with Gasteiger partial charge in [-0.05, 0) is 31.2 Å². The lowest BCUT2D eigenvalue weighted by Crippen LogP contribution is -2.39. The second-order valence-corrected chi connectivity index (χ2v) is 6.37. The molecule has 0 unspecified atom stereocenters. The summed E-state index contributed by atoms with van der Waals surface area (Å²) in [5.41, 5.74) is 1.25. The van der Waals surface area contributed by atoms with Crippen LogP contribution in [0.3, 0.4) is 0 Å². The van der Waals surface area contributed by atoms with Crippen LogP contribution in [0.15, 0.2) is 41.5 Å². The summed E-state index contributed by atoms with van der Waals surface area (Å²) in [6, 6.07) is 7.29. The third kappa shape index (κ3) is 5.39. The molecule has 0 bridgehead atoms. The van der Waals surface area contributed by atoms with E-state index in [2.05, 4.69) is 25.5 Å². The Labute approximate surface area is 163 Å². The van der Waals surface area contributed by atoms with E-state index >= 15 is 0 Å². The molecule has 6 nitrogen and oxygen atoms in total. The number of rotatable bonds is 6. The molecule has 2 heterocycles. The number of anilines is 1. The van der Waals surface area contributed by atoms with Gasteiger partial charge >= 0.3 is 0 Å². The minimum absolute atomic E-state index is 0.0439. The molecule has 1 saturated heterocycles. The number of benzene rings is 1. The van der Waals surface area contributed by atoms with Crippen molar-refractivity contribution in [3.63, 3.8) is 0 Å². The molecular formula is C20H25F2N5O. The van der Waals surface area contributed by atoms with Gasteiger partial charge in [0.05, 0.1) is 19.8 Å². The zero-order valence-electron chi connectivity index (χ0n) is 15.9. The van der Waals surface area contributed by atoms with Crippen molar-refractivity contribution in [2.24, 2.45) is 4.99 Å². The first kappa shape index (κ1) is 20.0. The van der Waals surface area contributed by atoms with Crippen LogP contribution in [0, 0.1) is 11.6 Å². The van der Waals surface area contributed by atoms with Gasteiger partial charge in [0.25, 0.3) is 0 Å². The van der Waals surface area contributed by atoms with Gasteiger partial charge in [-0.3, -0.25) is 0 Å². The number of hydrogen-bond acceptors (Lipinski definition) is 4. The van der Waals surface area contributed by atoms with Gasteiger partial charge < -0.3 is 20.3 Å². The lowest BCUT2D eigenvalue weighted by atomic mass is 10.2. The molecule has 150 valence electrons. The predicted octanol–water partition coefficient (Wildman–Crippen LogP) is 2.45. The number of halogens is 2. The molecule has 0 aliphatic carbocycles. The van der Waals surface area contributed by atoms with Crippen LogP contribution in [0.1, 0.15) is 18.1 Å². The third-order valence-corrected chi connectivity index (χ3v) is 4.38. The second-order valence-electron chi connectivity index (χ2n) is 6.37. The van der Waals surface area contributed by atoms with Crippen molar-refractivity contribution in [1.29, 1.82) is 0 Å². The molecule has 0 spiro atoms. The summed E-state index contributed by atoms with van der Waals surface area (Å²) in [6.07, 6.45) is 1.78. The number of ether oxygens (including phenoxy) is 1. The molecule has 0 radical (unpaired) electrons. The van der Waals surface area contributed by atoms with Crippen LogP contribution in [0.2, 0.25) is 0 Å². The first-order valence-corrected chi connectivity index (χ1v) is 9.40. The fraction of sp³-hybridized carbons (Fsp3) is 0.400. The van der Waals surface area contributed by atoms with Gasteiger partial charge in [0.2, 0.25) is 0 Å². The van der Waals surface area contributed by atoms with Crippen molar-refractivity contribution >= 4 is 11.8 Å². The molecule has 1 aromatic carbocycles. The zero-order chi connectivity index (χ0) is 19.8. The molecule has 1 aliphatic heterocycles. The van der Waals surface area contributed by atoms with E-state index < -0.39 is 11.6 Å². The molecule has 1 aliphatic rings. The molecule has 8 heteroatoms. The van der Waals surface area contributed by atoms with Gasteiger partial charge in [-0.25, -0.2) is 18.8 Å². The fourth-order valence-electron chi connectivity index (χ4n) is 2.98. The Balaban J connectivity index is 1.69. The van der Waals surface area contributed by atoms with Crippen LogP contribution < -0.4 is 15.5 Å². The number of guanidine groups is 1. The standard InChI is InChI=1S/C20H25F2N5O/c1-2-23-20(26-14-16-12-17(21)5-6-18(16)22)25-13-15-4-3-7-24-19(15)27-8-10-28-11-9-27/h3-7,12H,2,8-11,13-14H2,1H3,(H2,23,25,26). The molecule has 0 saturated carbocycles. The third-order valence-electron chi connectivity index (χ3n) is 4.38. The quantitative estimate of drug-likeness (QED) is 0.587. The van der Waals surface area contributed by atoms with Gasteiger partial charge in [0.1, 0.15) is 17.5 Å². The second kappa shape index (κ2) is 9.98. The summed E-state index contributed by atoms with van der Waals surface area (Å²) in [6.45, 7) is 6.14. The number of aliphatic imine (C=N–C) groups is 1. The number of nitrogens with zero attached hydrogens (tertiary/aromatic N) is 3. The van der Waals surface area contributed by atoms with Crippen LogP contribution in [0.25, 0.3) is 0 Å². The highest BCUT2D eigenvalue weighted by Crippen LogP contribution is 2.18. The smallest absolute Gasteiger partial charge is 0.191 e. The summed E-state index contributed by atoms with van der Waals surface area (Å²) in [5, 5.41) is 6.37. The van der Waals surface area contributed by atoms with Crippen molar-refractivity contribution in [1.82, 2.24) is 15.6 Å². The largest absolute Gasteiger partial charge is 0.378 e. The Kier molecular flexibility index (Phi) is 7.13. The molecule has 1 aromatic heterocycles. The number of pyridine rings is 1. The van der Waals surface area contributed by atoms with Crippen molar-refractivity contribution in [3.05, 3.63) is 59.3 Å². The van der Waals surface area contributed by atoms with Crippen molar-refractivity contribution in [3.8, 4) is 0 Å². The number of morpholine rings is 1. The number of nitrogens with one attached hydrogen (secondary N) is 2. The summed E-state index contributed by atoms with van der Waals surface area (Å²) < 4.78 is 32.6. The van der Waals surface area contributed by atoms with E-state index in [1.807, 2.05) is 19.1 Å². The minimum Gasteiger partial charge on any atom is -0.378 e. The topological polar surface area (TPSA) is 61.8 Å². The Morgan fingerprint density at radius 1 is 1.18 bits per heavy atom. The normalized spacial score (nSPS) is 14.8. The highest BCUT2D eigenvalue weighted by molar-refractivity contribution is 5.79. The first-order chi connectivity index (χ1) is 13.7. The molecule has 2 N–H and O–H groups in total. The maximum absolute atomic E-state index is 13.8. The Morgan fingerprint density at radius 3 is 2.79 bits per heavy atom. The van der Waals surface area contributed by atoms with E-state index in [1.54, 1.807) is 6.20 Å². The van der Waals surface area contributed by atoms with Crippen LogP contribution in [-0.2, 0) is 17.8 Å². The highest BCUT2D eigenvalue weighted by Gasteiger charge is 2.16. The van der Waals surface area contributed by atoms with Crippen LogP contribution >= 0.6 is 0 Å². The molecule has 2 aromatic rings. The summed E-state index contributed by atoms with van der Waals surface area (Å²) in [4.78, 5) is 11.1. The lowest BCUT2D eigenvalue weighted by Gasteiger charge is -2.29. The molecule has 0 amide bonds. The summed E-state index contributed by atoms with van der Waals surface area (Å²) in [5.74, 6) is 0.506. The van der Waals surface area contributed by atoms with Crippen LogP contribution in [0.5, 0.6) is 0 Å². The van der Waals surface area contributed by atoms with E-state index in [-0.39, 0.29) is 12.1 Å². The fourth-order valence-corrected chi connectivity index (χ4v) is 2.98. The predicted molar refractivity (Wildman–Crippen MR) is 105 cm³/mol. The molecule has 3 rings (SSSR count). The first-order valence-electron chi connectivity index (χ1n) is 9.40. The zero-order valence-corrected chi connectivity index (χ0v) is 15.9. The molecular weight excluding hydrogens is 364 g/mol. The monoisotopic (exact) mass is 389 g/mol. The van der Waals surface area contributed by atoms with Crippen molar-refractivity contribution in [2.75, 3.05) is 37.7 Å². The van der Waals surface area contributed by atoms with Gasteiger partial charge in [-0.1, -0.05) is 6.07 Å².